The second kappa shape index (κ2) is 7.44. The third-order valence-corrected chi connectivity index (χ3v) is 4.11. The van der Waals surface area contributed by atoms with Gasteiger partial charge in [0.15, 0.2) is 0 Å². The summed E-state index contributed by atoms with van der Waals surface area (Å²) in [5.74, 6) is -0.836. The van der Waals surface area contributed by atoms with Crippen LogP contribution in [0.3, 0.4) is 0 Å². The van der Waals surface area contributed by atoms with Crippen LogP contribution in [-0.4, -0.2) is 16.1 Å². The van der Waals surface area contributed by atoms with E-state index in [-0.39, 0.29) is 27.9 Å². The van der Waals surface area contributed by atoms with E-state index in [1.807, 2.05) is 12.1 Å². The van der Waals surface area contributed by atoms with Crippen molar-refractivity contribution in [1.29, 1.82) is 10.5 Å². The minimum atomic E-state index is -0.611. The largest absolute Gasteiger partial charge is 0.383 e. The number of anilines is 2. The van der Waals surface area contributed by atoms with Crippen molar-refractivity contribution in [3.8, 4) is 12.1 Å². The standard InChI is InChI=1S/C16H12FN5OS/c1-9(15(23)21-13-4-2-3-12(17)6-13)24-16-11(8-19)5-10(7-18)14(20)22-16/h2-6,9H,1H3,(H2,20,22)(H,21,23)/t9-/m1/s1. The topological polar surface area (TPSA) is 116 Å². The fourth-order valence-corrected chi connectivity index (χ4v) is 2.68. The molecule has 0 unspecified atom stereocenters. The molecule has 0 bridgehead atoms. The Hall–Kier alpha value is -3.10. The van der Waals surface area contributed by atoms with E-state index in [1.165, 1.54) is 24.3 Å². The summed E-state index contributed by atoms with van der Waals surface area (Å²) in [5.41, 5.74) is 6.25. The highest BCUT2D eigenvalue weighted by atomic mass is 32.2. The van der Waals surface area contributed by atoms with Crippen molar-refractivity contribution in [2.45, 2.75) is 17.2 Å². The zero-order valence-electron chi connectivity index (χ0n) is 12.6. The number of nitrogen functional groups attached to an aromatic ring is 1. The average molecular weight is 341 g/mol. The molecule has 120 valence electrons. The zero-order valence-corrected chi connectivity index (χ0v) is 13.4. The summed E-state index contributed by atoms with van der Waals surface area (Å²) in [6, 6.07) is 10.6. The molecule has 8 heteroatoms. The number of halogens is 1. The molecule has 1 aromatic carbocycles. The lowest BCUT2D eigenvalue weighted by Gasteiger charge is -2.13. The van der Waals surface area contributed by atoms with E-state index in [0.29, 0.717) is 5.69 Å². The molecule has 0 aliphatic rings. The molecule has 1 amide bonds. The molecule has 0 aliphatic carbocycles. The number of hydrogen-bond donors (Lipinski definition) is 2. The monoisotopic (exact) mass is 341 g/mol. The van der Waals surface area contributed by atoms with Crippen LogP contribution in [0.4, 0.5) is 15.9 Å². The first-order chi connectivity index (χ1) is 11.4. The van der Waals surface area contributed by atoms with Gasteiger partial charge in [0.1, 0.15) is 28.8 Å². The third kappa shape index (κ3) is 4.00. The number of carbonyl (C=O) groups excluding carboxylic acids is 1. The number of amides is 1. The Kier molecular flexibility index (Phi) is 5.35. The maximum Gasteiger partial charge on any atom is 0.237 e. The number of nitrogens with one attached hydrogen (secondary N) is 1. The maximum absolute atomic E-state index is 13.1. The number of nitrogens with zero attached hydrogens (tertiary/aromatic N) is 3. The molecule has 6 nitrogen and oxygen atoms in total. The lowest BCUT2D eigenvalue weighted by molar-refractivity contribution is -0.115. The van der Waals surface area contributed by atoms with Crippen molar-refractivity contribution in [3.63, 3.8) is 0 Å². The minimum Gasteiger partial charge on any atom is -0.383 e. The third-order valence-electron chi connectivity index (χ3n) is 3.01. The Balaban J connectivity index is 2.16. The molecule has 0 radical (unpaired) electrons. The van der Waals surface area contributed by atoms with Crippen LogP contribution in [0.5, 0.6) is 0 Å². The highest BCUT2D eigenvalue weighted by molar-refractivity contribution is 8.00. The van der Waals surface area contributed by atoms with Gasteiger partial charge in [-0.3, -0.25) is 4.79 Å². The highest BCUT2D eigenvalue weighted by Crippen LogP contribution is 2.28. The quantitative estimate of drug-likeness (QED) is 0.826. The lowest BCUT2D eigenvalue weighted by Crippen LogP contribution is -2.22. The van der Waals surface area contributed by atoms with Gasteiger partial charge in [0.2, 0.25) is 5.91 Å². The fourth-order valence-electron chi connectivity index (χ4n) is 1.80. The van der Waals surface area contributed by atoms with E-state index in [0.717, 1.165) is 11.8 Å². The van der Waals surface area contributed by atoms with Gasteiger partial charge in [0.25, 0.3) is 0 Å². The molecule has 2 rings (SSSR count). The van der Waals surface area contributed by atoms with Gasteiger partial charge in [-0.05, 0) is 31.2 Å². The van der Waals surface area contributed by atoms with Crippen molar-refractivity contribution >= 4 is 29.2 Å². The van der Waals surface area contributed by atoms with Gasteiger partial charge in [-0.15, -0.1) is 0 Å². The Bertz CT molecular complexity index is 872. The molecule has 1 heterocycles. The van der Waals surface area contributed by atoms with Crippen LogP contribution in [-0.2, 0) is 4.79 Å². The van der Waals surface area contributed by atoms with Crippen LogP contribution in [0.1, 0.15) is 18.1 Å². The van der Waals surface area contributed by atoms with Crippen LogP contribution >= 0.6 is 11.8 Å². The van der Waals surface area contributed by atoms with Crippen LogP contribution in [0.2, 0.25) is 0 Å². The maximum atomic E-state index is 13.1. The van der Waals surface area contributed by atoms with Crippen LogP contribution < -0.4 is 11.1 Å². The molecule has 2 aromatic rings. The van der Waals surface area contributed by atoms with Crippen molar-refractivity contribution in [3.05, 3.63) is 47.3 Å². The fraction of sp³-hybridized carbons (Fsp3) is 0.125. The number of nitrogens with two attached hydrogens (primary N) is 1. The molecule has 0 saturated heterocycles. The summed E-state index contributed by atoms with van der Waals surface area (Å²) in [6.45, 7) is 1.62. The number of thioether (sulfide) groups is 1. The van der Waals surface area contributed by atoms with Crippen molar-refractivity contribution in [2.75, 3.05) is 11.1 Å². The zero-order chi connectivity index (χ0) is 17.7. The van der Waals surface area contributed by atoms with E-state index in [4.69, 9.17) is 16.3 Å². The highest BCUT2D eigenvalue weighted by Gasteiger charge is 2.19. The molecule has 1 aromatic heterocycles. The SMILES string of the molecule is C[C@@H](Sc1nc(N)c(C#N)cc1C#N)C(=O)Nc1cccc(F)c1. The van der Waals surface area contributed by atoms with Crippen LogP contribution in [0, 0.1) is 28.5 Å². The Morgan fingerprint density at radius 3 is 2.67 bits per heavy atom. The molecular weight excluding hydrogens is 329 g/mol. The first-order valence-electron chi connectivity index (χ1n) is 6.78. The van der Waals surface area contributed by atoms with E-state index in [1.54, 1.807) is 13.0 Å². The number of benzene rings is 1. The van der Waals surface area contributed by atoms with Gasteiger partial charge in [-0.25, -0.2) is 9.37 Å². The molecule has 1 atom stereocenters. The summed E-state index contributed by atoms with van der Waals surface area (Å²) < 4.78 is 13.1. The summed E-state index contributed by atoms with van der Waals surface area (Å²) in [6.07, 6.45) is 0. The Morgan fingerprint density at radius 1 is 1.33 bits per heavy atom. The van der Waals surface area contributed by atoms with Gasteiger partial charge in [-0.2, -0.15) is 10.5 Å². The molecule has 0 aliphatic heterocycles. The number of pyridine rings is 1. The summed E-state index contributed by atoms with van der Waals surface area (Å²) in [5, 5.41) is 20.3. The van der Waals surface area contributed by atoms with Crippen molar-refractivity contribution in [1.82, 2.24) is 4.98 Å². The second-order valence-electron chi connectivity index (χ2n) is 4.76. The molecular formula is C16H12FN5OS. The number of nitriles is 2. The van der Waals surface area contributed by atoms with Gasteiger partial charge in [-0.1, -0.05) is 17.8 Å². The van der Waals surface area contributed by atoms with E-state index < -0.39 is 11.1 Å². The molecule has 24 heavy (non-hydrogen) atoms. The van der Waals surface area contributed by atoms with Crippen LogP contribution in [0.15, 0.2) is 35.4 Å². The number of rotatable bonds is 4. The van der Waals surface area contributed by atoms with Crippen molar-refractivity contribution in [2.24, 2.45) is 0 Å². The first kappa shape index (κ1) is 17.3. The summed E-state index contributed by atoms with van der Waals surface area (Å²) in [7, 11) is 0. The lowest BCUT2D eigenvalue weighted by atomic mass is 10.2. The molecule has 0 saturated carbocycles. The predicted molar refractivity (Wildman–Crippen MR) is 88.4 cm³/mol. The number of carbonyl (C=O) groups is 1. The van der Waals surface area contributed by atoms with Gasteiger partial charge >= 0.3 is 0 Å². The molecule has 0 spiro atoms. The number of aromatic nitrogens is 1. The van der Waals surface area contributed by atoms with E-state index in [9.17, 15) is 9.18 Å². The minimum absolute atomic E-state index is 0.00302. The Labute approximate surface area is 142 Å². The number of hydrogen-bond acceptors (Lipinski definition) is 6. The van der Waals surface area contributed by atoms with E-state index >= 15 is 0 Å². The second-order valence-corrected chi connectivity index (χ2v) is 6.09. The average Bonchev–Trinajstić information content (AvgIpc) is 2.55. The molecule has 3 N–H and O–H groups in total. The summed E-state index contributed by atoms with van der Waals surface area (Å²) in [4.78, 5) is 16.2. The first-order valence-corrected chi connectivity index (χ1v) is 7.66. The summed E-state index contributed by atoms with van der Waals surface area (Å²) >= 11 is 1.03. The van der Waals surface area contributed by atoms with Crippen molar-refractivity contribution < 1.29 is 9.18 Å². The predicted octanol–water partition coefficient (Wildman–Crippen LogP) is 2.67. The van der Waals surface area contributed by atoms with Gasteiger partial charge in [0.05, 0.1) is 16.4 Å². The Morgan fingerprint density at radius 2 is 2.04 bits per heavy atom. The smallest absolute Gasteiger partial charge is 0.237 e. The van der Waals surface area contributed by atoms with Gasteiger partial charge in [0, 0.05) is 5.69 Å². The molecule has 0 fully saturated rings. The van der Waals surface area contributed by atoms with E-state index in [2.05, 4.69) is 10.3 Å². The van der Waals surface area contributed by atoms with Gasteiger partial charge < -0.3 is 11.1 Å². The van der Waals surface area contributed by atoms with Crippen LogP contribution in [0.25, 0.3) is 0 Å². The normalized spacial score (nSPS) is 11.2.